The van der Waals surface area contributed by atoms with Gasteiger partial charge in [-0.15, -0.1) is 17.9 Å². The topological polar surface area (TPSA) is 58.2 Å². The Bertz CT molecular complexity index is 360. The van der Waals surface area contributed by atoms with Crippen molar-refractivity contribution in [3.05, 3.63) is 35.0 Å². The van der Waals surface area contributed by atoms with Gasteiger partial charge in [-0.3, -0.25) is 9.59 Å². The Labute approximate surface area is 98.4 Å². The summed E-state index contributed by atoms with van der Waals surface area (Å²) < 4.78 is 0. The zero-order chi connectivity index (χ0) is 11.8. The van der Waals surface area contributed by atoms with Gasteiger partial charge in [0.25, 0.3) is 5.91 Å². The number of thiophene rings is 1. The van der Waals surface area contributed by atoms with Gasteiger partial charge in [0.2, 0.25) is 5.91 Å². The Kier molecular flexibility index (Phi) is 5.28. The van der Waals surface area contributed by atoms with Crippen LogP contribution in [0.3, 0.4) is 0 Å². The highest BCUT2D eigenvalue weighted by atomic mass is 32.1. The SMILES string of the molecule is C=CCCNC(=O)CNC(=O)c1cccs1. The van der Waals surface area contributed by atoms with Crippen LogP contribution in [0.25, 0.3) is 0 Å². The molecular weight excluding hydrogens is 224 g/mol. The molecule has 0 fully saturated rings. The Balaban J connectivity index is 2.21. The molecule has 1 aromatic heterocycles. The first-order chi connectivity index (χ1) is 7.74. The Morgan fingerprint density at radius 1 is 1.44 bits per heavy atom. The molecule has 86 valence electrons. The van der Waals surface area contributed by atoms with E-state index in [1.807, 2.05) is 5.38 Å². The molecule has 1 aromatic rings. The summed E-state index contributed by atoms with van der Waals surface area (Å²) in [5.41, 5.74) is 0. The molecule has 0 aromatic carbocycles. The molecular formula is C11H14N2O2S. The van der Waals surface area contributed by atoms with Crippen LogP contribution in [0.5, 0.6) is 0 Å². The van der Waals surface area contributed by atoms with Crippen molar-refractivity contribution >= 4 is 23.2 Å². The van der Waals surface area contributed by atoms with E-state index >= 15 is 0 Å². The Morgan fingerprint density at radius 3 is 2.88 bits per heavy atom. The van der Waals surface area contributed by atoms with Gasteiger partial charge in [-0.2, -0.15) is 0 Å². The molecule has 0 aliphatic carbocycles. The van der Waals surface area contributed by atoms with Crippen LogP contribution in [0.15, 0.2) is 30.2 Å². The molecule has 0 saturated carbocycles. The van der Waals surface area contributed by atoms with Gasteiger partial charge < -0.3 is 10.6 Å². The molecule has 1 rings (SSSR count). The predicted octanol–water partition coefficient (Wildman–Crippen LogP) is 1.17. The van der Waals surface area contributed by atoms with Gasteiger partial charge in [0.15, 0.2) is 0 Å². The van der Waals surface area contributed by atoms with Gasteiger partial charge in [-0.25, -0.2) is 0 Å². The van der Waals surface area contributed by atoms with Gasteiger partial charge in [0.05, 0.1) is 11.4 Å². The normalized spacial score (nSPS) is 9.50. The smallest absolute Gasteiger partial charge is 0.261 e. The molecule has 0 aliphatic heterocycles. The van der Waals surface area contributed by atoms with Gasteiger partial charge in [0.1, 0.15) is 0 Å². The van der Waals surface area contributed by atoms with Crippen LogP contribution in [-0.2, 0) is 4.79 Å². The lowest BCUT2D eigenvalue weighted by Crippen LogP contribution is -2.36. The summed E-state index contributed by atoms with van der Waals surface area (Å²) in [6, 6.07) is 3.51. The summed E-state index contributed by atoms with van der Waals surface area (Å²) in [4.78, 5) is 23.3. The van der Waals surface area contributed by atoms with E-state index in [-0.39, 0.29) is 18.4 Å². The predicted molar refractivity (Wildman–Crippen MR) is 64.5 cm³/mol. The monoisotopic (exact) mass is 238 g/mol. The molecule has 0 spiro atoms. The second-order valence-corrected chi connectivity index (χ2v) is 4.03. The molecule has 0 saturated heterocycles. The molecule has 1 heterocycles. The van der Waals surface area contributed by atoms with Crippen LogP contribution in [0.4, 0.5) is 0 Å². The Hall–Kier alpha value is -1.62. The van der Waals surface area contributed by atoms with E-state index in [4.69, 9.17) is 0 Å². The summed E-state index contributed by atoms with van der Waals surface area (Å²) in [5, 5.41) is 7.03. The fraction of sp³-hybridized carbons (Fsp3) is 0.273. The van der Waals surface area contributed by atoms with Crippen LogP contribution in [-0.4, -0.2) is 24.9 Å². The van der Waals surface area contributed by atoms with Crippen molar-refractivity contribution in [2.24, 2.45) is 0 Å². The van der Waals surface area contributed by atoms with Crippen LogP contribution in [0.2, 0.25) is 0 Å². The molecule has 5 heteroatoms. The maximum absolute atomic E-state index is 11.4. The van der Waals surface area contributed by atoms with Crippen LogP contribution >= 0.6 is 11.3 Å². The third-order valence-corrected chi connectivity index (χ3v) is 2.69. The van der Waals surface area contributed by atoms with Crippen LogP contribution < -0.4 is 10.6 Å². The zero-order valence-electron chi connectivity index (χ0n) is 8.86. The Morgan fingerprint density at radius 2 is 2.25 bits per heavy atom. The van der Waals surface area contributed by atoms with E-state index in [1.165, 1.54) is 11.3 Å². The number of rotatable bonds is 6. The summed E-state index contributed by atoms with van der Waals surface area (Å²) in [5.74, 6) is -0.402. The summed E-state index contributed by atoms with van der Waals surface area (Å²) >= 11 is 1.35. The maximum Gasteiger partial charge on any atom is 0.261 e. The molecule has 2 amide bonds. The first-order valence-electron chi connectivity index (χ1n) is 4.93. The van der Waals surface area contributed by atoms with Gasteiger partial charge in [0, 0.05) is 6.54 Å². The van der Waals surface area contributed by atoms with E-state index in [0.29, 0.717) is 11.4 Å². The van der Waals surface area contributed by atoms with Crippen LogP contribution in [0.1, 0.15) is 16.1 Å². The lowest BCUT2D eigenvalue weighted by atomic mass is 10.4. The van der Waals surface area contributed by atoms with Crippen molar-refractivity contribution in [2.45, 2.75) is 6.42 Å². The largest absolute Gasteiger partial charge is 0.354 e. The second kappa shape index (κ2) is 6.79. The molecule has 0 unspecified atom stereocenters. The molecule has 0 bridgehead atoms. The van der Waals surface area contributed by atoms with Gasteiger partial charge >= 0.3 is 0 Å². The van der Waals surface area contributed by atoms with Crippen LogP contribution in [0, 0.1) is 0 Å². The first kappa shape index (κ1) is 12.4. The van der Waals surface area contributed by atoms with Crippen molar-refractivity contribution in [2.75, 3.05) is 13.1 Å². The van der Waals surface area contributed by atoms with Crippen molar-refractivity contribution in [3.8, 4) is 0 Å². The number of carbonyl (C=O) groups excluding carboxylic acids is 2. The average molecular weight is 238 g/mol. The summed E-state index contributed by atoms with van der Waals surface area (Å²) in [7, 11) is 0. The molecule has 0 aliphatic rings. The summed E-state index contributed by atoms with van der Waals surface area (Å²) in [6.07, 6.45) is 2.45. The highest BCUT2D eigenvalue weighted by Gasteiger charge is 2.07. The van der Waals surface area contributed by atoms with E-state index in [0.717, 1.165) is 6.42 Å². The lowest BCUT2D eigenvalue weighted by Gasteiger charge is -2.04. The number of hydrogen-bond donors (Lipinski definition) is 2. The minimum atomic E-state index is -0.214. The highest BCUT2D eigenvalue weighted by molar-refractivity contribution is 7.12. The molecule has 0 radical (unpaired) electrons. The second-order valence-electron chi connectivity index (χ2n) is 3.09. The number of carbonyl (C=O) groups is 2. The highest BCUT2D eigenvalue weighted by Crippen LogP contribution is 2.07. The summed E-state index contributed by atoms with van der Waals surface area (Å²) in [6.45, 7) is 4.11. The average Bonchev–Trinajstić information content (AvgIpc) is 2.79. The molecule has 16 heavy (non-hydrogen) atoms. The quantitative estimate of drug-likeness (QED) is 0.577. The van der Waals surface area contributed by atoms with Crippen molar-refractivity contribution in [1.82, 2.24) is 10.6 Å². The molecule has 2 N–H and O–H groups in total. The standard InChI is InChI=1S/C11H14N2O2S/c1-2-3-6-12-10(14)8-13-11(15)9-5-4-7-16-9/h2,4-5,7H,1,3,6,8H2,(H,12,14)(H,13,15). The molecule has 0 atom stereocenters. The first-order valence-corrected chi connectivity index (χ1v) is 5.81. The lowest BCUT2D eigenvalue weighted by molar-refractivity contribution is -0.120. The third kappa shape index (κ3) is 4.27. The molecule has 4 nitrogen and oxygen atoms in total. The number of nitrogens with one attached hydrogen (secondary N) is 2. The van der Waals surface area contributed by atoms with Gasteiger partial charge in [-0.05, 0) is 17.9 Å². The fourth-order valence-corrected chi connectivity index (χ4v) is 1.67. The van der Waals surface area contributed by atoms with Gasteiger partial charge in [-0.1, -0.05) is 12.1 Å². The van der Waals surface area contributed by atoms with Crippen molar-refractivity contribution < 1.29 is 9.59 Å². The number of amides is 2. The van der Waals surface area contributed by atoms with E-state index in [1.54, 1.807) is 18.2 Å². The minimum Gasteiger partial charge on any atom is -0.354 e. The van der Waals surface area contributed by atoms with E-state index < -0.39 is 0 Å². The van der Waals surface area contributed by atoms with Crippen molar-refractivity contribution in [1.29, 1.82) is 0 Å². The third-order valence-electron chi connectivity index (χ3n) is 1.83. The van der Waals surface area contributed by atoms with E-state index in [2.05, 4.69) is 17.2 Å². The number of hydrogen-bond acceptors (Lipinski definition) is 3. The minimum absolute atomic E-state index is 0.00781. The maximum atomic E-state index is 11.4. The van der Waals surface area contributed by atoms with Crippen molar-refractivity contribution in [3.63, 3.8) is 0 Å². The van der Waals surface area contributed by atoms with E-state index in [9.17, 15) is 9.59 Å². The zero-order valence-corrected chi connectivity index (χ0v) is 9.68. The fourth-order valence-electron chi connectivity index (χ4n) is 1.03.